The van der Waals surface area contributed by atoms with Gasteiger partial charge < -0.3 is 14.8 Å². The average Bonchev–Trinajstić information content (AvgIpc) is 3.14. The fourth-order valence-electron chi connectivity index (χ4n) is 5.10. The molecular formula is C38H38Cl4N4O4S. The number of sulfonamides is 1. The number of rotatable bonds is 9. The molecule has 0 aliphatic heterocycles. The third-order valence-corrected chi connectivity index (χ3v) is 10.8. The van der Waals surface area contributed by atoms with Gasteiger partial charge in [-0.05, 0) is 56.8 Å². The predicted molar refractivity (Wildman–Crippen MR) is 212 cm³/mol. The van der Waals surface area contributed by atoms with Crippen LogP contribution in [0, 0.1) is 6.92 Å². The van der Waals surface area contributed by atoms with Gasteiger partial charge >= 0.3 is 0 Å². The van der Waals surface area contributed by atoms with Gasteiger partial charge in [-0.3, -0.25) is 4.31 Å². The molecule has 4 aromatic carbocycles. The van der Waals surface area contributed by atoms with E-state index in [1.165, 1.54) is 35.3 Å². The lowest BCUT2D eigenvalue weighted by atomic mass is 10.1. The van der Waals surface area contributed by atoms with Crippen molar-refractivity contribution < 1.29 is 17.9 Å². The van der Waals surface area contributed by atoms with Crippen LogP contribution in [0.1, 0.15) is 25.0 Å². The van der Waals surface area contributed by atoms with Crippen molar-refractivity contribution in [3.05, 3.63) is 129 Å². The molecular weight excluding hydrogens is 750 g/mol. The van der Waals surface area contributed by atoms with Crippen LogP contribution in [0.25, 0.3) is 21.5 Å². The molecule has 13 heteroatoms. The Balaban J connectivity index is 0.000000194. The van der Waals surface area contributed by atoms with Gasteiger partial charge in [0.05, 0.1) is 34.8 Å². The van der Waals surface area contributed by atoms with E-state index < -0.39 is 10.0 Å². The second kappa shape index (κ2) is 18.6. The normalized spacial score (nSPS) is 10.9. The van der Waals surface area contributed by atoms with E-state index >= 15 is 0 Å². The third-order valence-electron chi connectivity index (χ3n) is 7.68. The molecule has 0 bridgehead atoms. The third kappa shape index (κ3) is 9.95. The topological polar surface area (TPSA) is 93.7 Å². The van der Waals surface area contributed by atoms with Crippen LogP contribution in [0.5, 0.6) is 11.5 Å². The highest BCUT2D eigenvalue weighted by molar-refractivity contribution is 7.92. The molecule has 0 saturated heterocycles. The van der Waals surface area contributed by atoms with Gasteiger partial charge in [-0.25, -0.2) is 18.4 Å². The number of halogens is 4. The summed E-state index contributed by atoms with van der Waals surface area (Å²) in [5, 5.41) is 8.01. The van der Waals surface area contributed by atoms with Crippen molar-refractivity contribution >= 4 is 83.7 Å². The average molecular weight is 789 g/mol. The Hall–Kier alpha value is -3.83. The summed E-state index contributed by atoms with van der Waals surface area (Å²) >= 11 is 24.1. The second-order valence-corrected chi connectivity index (χ2v) is 14.4. The molecule has 8 nitrogen and oxygen atoms in total. The van der Waals surface area contributed by atoms with Crippen LogP contribution in [0.2, 0.25) is 20.4 Å². The quantitative estimate of drug-likeness (QED) is 0.146. The molecule has 2 heterocycles. The fourth-order valence-corrected chi connectivity index (χ4v) is 7.43. The summed E-state index contributed by atoms with van der Waals surface area (Å²) in [4.78, 5) is 8.08. The molecule has 268 valence electrons. The highest BCUT2D eigenvalue weighted by Gasteiger charge is 2.25. The minimum absolute atomic E-state index is 0.112. The number of para-hydroxylation sites is 1. The first-order valence-electron chi connectivity index (χ1n) is 15.9. The van der Waals surface area contributed by atoms with E-state index in [1.54, 1.807) is 50.6 Å². The molecule has 0 fully saturated rings. The molecule has 0 radical (unpaired) electrons. The molecule has 0 amide bonds. The van der Waals surface area contributed by atoms with Crippen LogP contribution in [0.4, 0.5) is 5.69 Å². The van der Waals surface area contributed by atoms with E-state index in [-0.39, 0.29) is 16.6 Å². The van der Waals surface area contributed by atoms with Crippen molar-refractivity contribution in [2.45, 2.75) is 32.2 Å². The van der Waals surface area contributed by atoms with Gasteiger partial charge in [-0.1, -0.05) is 101 Å². The first-order chi connectivity index (χ1) is 24.4. The molecule has 0 atom stereocenters. The zero-order valence-electron chi connectivity index (χ0n) is 28.8. The first-order valence-corrected chi connectivity index (χ1v) is 18.8. The summed E-state index contributed by atoms with van der Waals surface area (Å²) in [5.41, 5.74) is 2.88. The van der Waals surface area contributed by atoms with Gasteiger partial charge in [0.1, 0.15) is 21.8 Å². The van der Waals surface area contributed by atoms with E-state index in [9.17, 15) is 8.42 Å². The lowest BCUT2D eigenvalue weighted by Gasteiger charge is -2.23. The fraction of sp³-hybridized carbons (Fsp3) is 0.211. The van der Waals surface area contributed by atoms with E-state index in [2.05, 4.69) is 28.3 Å². The number of aryl methyl sites for hydroxylation is 1. The summed E-state index contributed by atoms with van der Waals surface area (Å²) in [6.45, 7) is 7.99. The summed E-state index contributed by atoms with van der Waals surface area (Å²) in [6.07, 6.45) is 3.01. The Labute approximate surface area is 319 Å². The molecule has 0 aliphatic rings. The number of nitrogens with one attached hydrogen (secondary N) is 1. The van der Waals surface area contributed by atoms with Crippen molar-refractivity contribution in [2.24, 2.45) is 0 Å². The molecule has 0 saturated carbocycles. The highest BCUT2D eigenvalue weighted by Crippen LogP contribution is 2.33. The number of anilines is 1. The lowest BCUT2D eigenvalue weighted by Crippen LogP contribution is -2.30. The number of aromatic nitrogens is 2. The number of hydrogen-bond acceptors (Lipinski definition) is 7. The number of methoxy groups -OCH3 is 2. The monoisotopic (exact) mass is 786 g/mol. The standard InChI is InChI=1S/C18H16Cl2N2O3S.C10H7Cl2N.C10H15NO/c1-3-22(12-5-4-6-13(9-12)25-2)26(23,24)14-7-8-15-16(10-14)18(20)21-11-17(15)19;1-6-2-3-7-8(4-6)10(12)13-5-9(7)11;1-3-11-8-9-6-4-5-7-10(9)12-2/h4-11H,3H2,1-2H3;2-5H,1H3;4-7,11H,3,8H2,1-2H3. The molecule has 6 aromatic rings. The number of ether oxygens (including phenoxy) is 2. The molecule has 6 rings (SSSR count). The number of benzene rings is 4. The highest BCUT2D eigenvalue weighted by atomic mass is 35.5. The maximum Gasteiger partial charge on any atom is 0.264 e. The second-order valence-electron chi connectivity index (χ2n) is 11.0. The van der Waals surface area contributed by atoms with Crippen LogP contribution in [0.3, 0.4) is 0 Å². The zero-order valence-corrected chi connectivity index (χ0v) is 32.6. The number of fused-ring (bicyclic) bond motifs is 2. The van der Waals surface area contributed by atoms with Gasteiger partial charge in [-0.2, -0.15) is 0 Å². The van der Waals surface area contributed by atoms with Crippen LogP contribution >= 0.6 is 46.4 Å². The lowest BCUT2D eigenvalue weighted by molar-refractivity contribution is 0.408. The Morgan fingerprint density at radius 2 is 1.35 bits per heavy atom. The van der Waals surface area contributed by atoms with Crippen molar-refractivity contribution in [1.82, 2.24) is 15.3 Å². The van der Waals surface area contributed by atoms with Gasteiger partial charge in [-0.15, -0.1) is 0 Å². The smallest absolute Gasteiger partial charge is 0.264 e. The molecule has 1 N–H and O–H groups in total. The van der Waals surface area contributed by atoms with Crippen molar-refractivity contribution in [2.75, 3.05) is 31.6 Å². The Morgan fingerprint density at radius 3 is 1.96 bits per heavy atom. The van der Waals surface area contributed by atoms with Gasteiger partial charge in [0.15, 0.2) is 0 Å². The van der Waals surface area contributed by atoms with Crippen molar-refractivity contribution in [3.63, 3.8) is 0 Å². The SMILES string of the molecule is CCN(c1cccc(OC)c1)S(=O)(=O)c1ccc2c(Cl)cnc(Cl)c2c1.CCNCc1ccccc1OC.Cc1ccc2c(Cl)cnc(Cl)c2c1. The van der Waals surface area contributed by atoms with Crippen LogP contribution < -0.4 is 19.1 Å². The number of nitrogens with zero attached hydrogens (tertiary/aromatic N) is 3. The minimum atomic E-state index is -3.80. The van der Waals surface area contributed by atoms with Crippen LogP contribution in [0.15, 0.2) is 102 Å². The van der Waals surface area contributed by atoms with Crippen LogP contribution in [-0.2, 0) is 16.6 Å². The van der Waals surface area contributed by atoms with Crippen molar-refractivity contribution in [1.29, 1.82) is 0 Å². The summed E-state index contributed by atoms with van der Waals surface area (Å²) < 4.78 is 38.1. The van der Waals surface area contributed by atoms with Gasteiger partial charge in [0, 0.05) is 58.7 Å². The molecule has 0 unspecified atom stereocenters. The first kappa shape index (κ1) is 39.9. The van der Waals surface area contributed by atoms with Gasteiger partial charge in [0.2, 0.25) is 0 Å². The molecule has 2 aromatic heterocycles. The van der Waals surface area contributed by atoms with E-state index in [0.29, 0.717) is 37.4 Å². The van der Waals surface area contributed by atoms with E-state index in [4.69, 9.17) is 55.9 Å². The summed E-state index contributed by atoms with van der Waals surface area (Å²) in [7, 11) is -0.569. The minimum Gasteiger partial charge on any atom is -0.497 e. The number of pyridine rings is 2. The maximum atomic E-state index is 13.2. The van der Waals surface area contributed by atoms with Crippen LogP contribution in [-0.4, -0.2) is 45.7 Å². The Bertz CT molecular complexity index is 2220. The molecule has 0 spiro atoms. The Kier molecular flexibility index (Phi) is 14.6. The Morgan fingerprint density at radius 1 is 0.725 bits per heavy atom. The van der Waals surface area contributed by atoms with E-state index in [1.807, 2.05) is 43.3 Å². The molecule has 0 aliphatic carbocycles. The number of hydrogen-bond donors (Lipinski definition) is 1. The summed E-state index contributed by atoms with van der Waals surface area (Å²) in [6, 6.07) is 25.5. The summed E-state index contributed by atoms with van der Waals surface area (Å²) in [5.74, 6) is 1.53. The van der Waals surface area contributed by atoms with Gasteiger partial charge in [0.25, 0.3) is 10.0 Å². The van der Waals surface area contributed by atoms with E-state index in [0.717, 1.165) is 35.2 Å². The zero-order chi connectivity index (χ0) is 37.1. The largest absolute Gasteiger partial charge is 0.497 e. The predicted octanol–water partition coefficient (Wildman–Crippen LogP) is 10.4. The molecule has 51 heavy (non-hydrogen) atoms. The maximum absolute atomic E-state index is 13.2. The van der Waals surface area contributed by atoms with Crippen molar-refractivity contribution in [3.8, 4) is 11.5 Å².